The van der Waals surface area contributed by atoms with Gasteiger partial charge in [-0.2, -0.15) is 5.10 Å². The number of aromatic amines is 1. The molecule has 7 heteroatoms. The van der Waals surface area contributed by atoms with Gasteiger partial charge >= 0.3 is 0 Å². The zero-order valence-electron chi connectivity index (χ0n) is 10.2. The Hall–Kier alpha value is -1.79. The van der Waals surface area contributed by atoms with Crippen molar-refractivity contribution in [3.63, 3.8) is 0 Å². The Morgan fingerprint density at radius 1 is 1.53 bits per heavy atom. The lowest BCUT2D eigenvalue weighted by molar-refractivity contribution is 0.0942. The molecule has 1 aliphatic rings. The van der Waals surface area contributed by atoms with Gasteiger partial charge < -0.3 is 15.1 Å². The lowest BCUT2D eigenvalue weighted by Gasteiger charge is -2.12. The van der Waals surface area contributed by atoms with Gasteiger partial charge in [0.25, 0.3) is 5.91 Å². The van der Waals surface area contributed by atoms with Crippen molar-refractivity contribution in [3.8, 4) is 0 Å². The maximum absolute atomic E-state index is 12.0. The minimum Gasteiger partial charge on any atom is -0.467 e. The molecule has 0 spiro atoms. The van der Waals surface area contributed by atoms with Crippen molar-refractivity contribution in [2.24, 2.45) is 0 Å². The fourth-order valence-electron chi connectivity index (χ4n) is 2.08. The van der Waals surface area contributed by atoms with Crippen LogP contribution in [0, 0.1) is 0 Å². The molecule has 0 aromatic carbocycles. The molecule has 0 atom stereocenters. The third kappa shape index (κ3) is 2.80. The van der Waals surface area contributed by atoms with Crippen molar-refractivity contribution in [2.75, 3.05) is 6.54 Å². The van der Waals surface area contributed by atoms with Gasteiger partial charge in [0, 0.05) is 30.8 Å². The highest BCUT2D eigenvalue weighted by molar-refractivity contribution is 5.93. The summed E-state index contributed by atoms with van der Waals surface area (Å²) in [4.78, 5) is 12.0. The van der Waals surface area contributed by atoms with Crippen LogP contribution in [-0.4, -0.2) is 22.6 Å². The Balaban J connectivity index is 0.00000133. The van der Waals surface area contributed by atoms with E-state index in [-0.39, 0.29) is 18.3 Å². The molecule has 102 valence electrons. The van der Waals surface area contributed by atoms with E-state index in [1.165, 1.54) is 0 Å². The molecule has 0 saturated heterocycles. The molecule has 19 heavy (non-hydrogen) atoms. The van der Waals surface area contributed by atoms with Crippen LogP contribution in [-0.2, 0) is 19.5 Å². The molecular formula is C12H15ClN4O2. The number of carbonyl (C=O) groups is 1. The molecule has 1 amide bonds. The molecular weight excluding hydrogens is 268 g/mol. The van der Waals surface area contributed by atoms with Crippen LogP contribution < -0.4 is 10.6 Å². The van der Waals surface area contributed by atoms with Gasteiger partial charge in [-0.3, -0.25) is 9.89 Å². The molecule has 3 N–H and O–H groups in total. The summed E-state index contributed by atoms with van der Waals surface area (Å²) < 4.78 is 5.16. The Labute approximate surface area is 116 Å². The van der Waals surface area contributed by atoms with Crippen LogP contribution in [0.25, 0.3) is 0 Å². The SMILES string of the molecule is Cl.O=C(NCc1ccco1)c1n[nH]c2c1CNCC2. The molecule has 0 saturated carbocycles. The van der Waals surface area contributed by atoms with Crippen LogP contribution in [0.15, 0.2) is 22.8 Å². The van der Waals surface area contributed by atoms with E-state index in [0.29, 0.717) is 18.8 Å². The van der Waals surface area contributed by atoms with Crippen molar-refractivity contribution in [1.29, 1.82) is 0 Å². The second-order valence-electron chi connectivity index (χ2n) is 4.22. The van der Waals surface area contributed by atoms with E-state index in [4.69, 9.17) is 4.42 Å². The highest BCUT2D eigenvalue weighted by Crippen LogP contribution is 2.15. The zero-order valence-corrected chi connectivity index (χ0v) is 11.0. The topological polar surface area (TPSA) is 83.0 Å². The Morgan fingerprint density at radius 3 is 3.21 bits per heavy atom. The average Bonchev–Trinajstić information content (AvgIpc) is 3.05. The van der Waals surface area contributed by atoms with E-state index in [2.05, 4.69) is 20.8 Å². The molecule has 0 radical (unpaired) electrons. The number of carbonyl (C=O) groups excluding carboxylic acids is 1. The summed E-state index contributed by atoms with van der Waals surface area (Å²) in [5.74, 6) is 0.554. The van der Waals surface area contributed by atoms with Crippen LogP contribution in [0.1, 0.15) is 27.5 Å². The number of rotatable bonds is 3. The minimum atomic E-state index is -0.174. The lowest BCUT2D eigenvalue weighted by Crippen LogP contribution is -2.28. The maximum atomic E-state index is 12.0. The summed E-state index contributed by atoms with van der Waals surface area (Å²) >= 11 is 0. The molecule has 2 aromatic heterocycles. The fraction of sp³-hybridized carbons (Fsp3) is 0.333. The van der Waals surface area contributed by atoms with Crippen LogP contribution in [0.5, 0.6) is 0 Å². The van der Waals surface area contributed by atoms with Crippen LogP contribution in [0.3, 0.4) is 0 Å². The zero-order chi connectivity index (χ0) is 12.4. The van der Waals surface area contributed by atoms with Gasteiger partial charge in [0.05, 0.1) is 12.8 Å². The second-order valence-corrected chi connectivity index (χ2v) is 4.22. The van der Waals surface area contributed by atoms with Crippen molar-refractivity contribution in [3.05, 3.63) is 41.1 Å². The summed E-state index contributed by atoms with van der Waals surface area (Å²) in [6, 6.07) is 3.61. The summed E-state index contributed by atoms with van der Waals surface area (Å²) in [6.45, 7) is 1.99. The van der Waals surface area contributed by atoms with Crippen LogP contribution in [0.2, 0.25) is 0 Å². The summed E-state index contributed by atoms with van der Waals surface area (Å²) in [7, 11) is 0. The molecule has 0 bridgehead atoms. The minimum absolute atomic E-state index is 0. The third-order valence-corrected chi connectivity index (χ3v) is 3.02. The highest BCUT2D eigenvalue weighted by atomic mass is 35.5. The molecule has 6 nitrogen and oxygen atoms in total. The number of H-pyrrole nitrogens is 1. The summed E-state index contributed by atoms with van der Waals surface area (Å²) in [6.07, 6.45) is 2.47. The number of amides is 1. The van der Waals surface area contributed by atoms with Gasteiger partial charge in [-0.15, -0.1) is 12.4 Å². The monoisotopic (exact) mass is 282 g/mol. The van der Waals surface area contributed by atoms with Crippen LogP contribution in [0.4, 0.5) is 0 Å². The molecule has 0 aliphatic carbocycles. The fourth-order valence-corrected chi connectivity index (χ4v) is 2.08. The first kappa shape index (κ1) is 13.6. The smallest absolute Gasteiger partial charge is 0.272 e. The number of hydrogen-bond acceptors (Lipinski definition) is 4. The predicted octanol–water partition coefficient (Wildman–Crippen LogP) is 1.00. The number of hydrogen-bond donors (Lipinski definition) is 3. The predicted molar refractivity (Wildman–Crippen MR) is 71.1 cm³/mol. The van der Waals surface area contributed by atoms with E-state index in [1.54, 1.807) is 12.3 Å². The van der Waals surface area contributed by atoms with Crippen molar-refractivity contribution >= 4 is 18.3 Å². The first-order valence-corrected chi connectivity index (χ1v) is 5.92. The molecule has 1 aliphatic heterocycles. The average molecular weight is 283 g/mol. The normalized spacial score (nSPS) is 13.5. The Kier molecular flexibility index (Phi) is 4.24. The number of halogens is 1. The lowest BCUT2D eigenvalue weighted by atomic mass is 10.1. The largest absolute Gasteiger partial charge is 0.467 e. The van der Waals surface area contributed by atoms with Gasteiger partial charge in [0.15, 0.2) is 5.69 Å². The number of fused-ring (bicyclic) bond motifs is 1. The highest BCUT2D eigenvalue weighted by Gasteiger charge is 2.21. The van der Waals surface area contributed by atoms with Gasteiger partial charge in [-0.1, -0.05) is 0 Å². The third-order valence-electron chi connectivity index (χ3n) is 3.02. The number of aromatic nitrogens is 2. The van der Waals surface area contributed by atoms with Crippen molar-refractivity contribution in [2.45, 2.75) is 19.5 Å². The van der Waals surface area contributed by atoms with E-state index < -0.39 is 0 Å². The van der Waals surface area contributed by atoms with Gasteiger partial charge in [-0.25, -0.2) is 0 Å². The quantitative estimate of drug-likeness (QED) is 0.784. The summed E-state index contributed by atoms with van der Waals surface area (Å²) in [5, 5.41) is 13.0. The molecule has 0 unspecified atom stereocenters. The van der Waals surface area contributed by atoms with Gasteiger partial charge in [0.1, 0.15) is 5.76 Å². The Bertz CT molecular complexity index is 550. The van der Waals surface area contributed by atoms with Gasteiger partial charge in [-0.05, 0) is 12.1 Å². The number of nitrogens with one attached hydrogen (secondary N) is 3. The standard InChI is InChI=1S/C12H14N4O2.ClH/c17-12(14-6-8-2-1-5-18-8)11-9-7-13-4-3-10(9)15-16-11;/h1-2,5,13H,3-4,6-7H2,(H,14,17)(H,15,16);1H. The van der Waals surface area contributed by atoms with E-state index >= 15 is 0 Å². The van der Waals surface area contributed by atoms with Crippen molar-refractivity contribution in [1.82, 2.24) is 20.8 Å². The molecule has 3 heterocycles. The maximum Gasteiger partial charge on any atom is 0.272 e. The first-order chi connectivity index (χ1) is 8.84. The molecule has 0 fully saturated rings. The van der Waals surface area contributed by atoms with E-state index in [1.807, 2.05) is 6.07 Å². The Morgan fingerprint density at radius 2 is 2.42 bits per heavy atom. The summed E-state index contributed by atoms with van der Waals surface area (Å²) in [5.41, 5.74) is 2.50. The van der Waals surface area contributed by atoms with Crippen LogP contribution >= 0.6 is 12.4 Å². The second kappa shape index (κ2) is 5.90. The van der Waals surface area contributed by atoms with E-state index in [9.17, 15) is 4.79 Å². The van der Waals surface area contributed by atoms with E-state index in [0.717, 1.165) is 30.0 Å². The van der Waals surface area contributed by atoms with Gasteiger partial charge in [0.2, 0.25) is 0 Å². The molecule has 2 aromatic rings. The molecule has 3 rings (SSSR count). The number of furan rings is 1. The first-order valence-electron chi connectivity index (χ1n) is 5.92. The van der Waals surface area contributed by atoms with Crippen molar-refractivity contribution < 1.29 is 9.21 Å². The number of nitrogens with zero attached hydrogens (tertiary/aromatic N) is 1.